The van der Waals surface area contributed by atoms with Crippen molar-refractivity contribution < 1.29 is 4.42 Å². The Morgan fingerprint density at radius 1 is 1.30 bits per heavy atom. The second kappa shape index (κ2) is 5.73. The van der Waals surface area contributed by atoms with Crippen LogP contribution in [0, 0.1) is 6.92 Å². The van der Waals surface area contributed by atoms with Gasteiger partial charge in [0, 0.05) is 31.2 Å². The van der Waals surface area contributed by atoms with Gasteiger partial charge >= 0.3 is 0 Å². The first-order valence-corrected chi connectivity index (χ1v) is 7.06. The normalized spacial score (nSPS) is 20.2. The van der Waals surface area contributed by atoms with Gasteiger partial charge in [0.2, 0.25) is 11.8 Å². The Kier molecular flexibility index (Phi) is 3.80. The van der Waals surface area contributed by atoms with E-state index >= 15 is 0 Å². The van der Waals surface area contributed by atoms with Crippen molar-refractivity contribution in [2.75, 3.05) is 19.6 Å². The third kappa shape index (κ3) is 2.89. The first-order valence-electron chi connectivity index (χ1n) is 7.06. The maximum Gasteiger partial charge on any atom is 0.247 e. The number of rotatable bonds is 3. The van der Waals surface area contributed by atoms with Crippen molar-refractivity contribution in [1.82, 2.24) is 20.4 Å². The first-order chi connectivity index (χ1) is 9.72. The minimum Gasteiger partial charge on any atom is -0.419 e. The summed E-state index contributed by atoms with van der Waals surface area (Å²) in [5.74, 6) is 1.29. The molecule has 5 heteroatoms. The predicted octanol–water partition coefficient (Wildman–Crippen LogP) is 1.84. The van der Waals surface area contributed by atoms with Crippen LogP contribution in [-0.2, 0) is 6.54 Å². The molecule has 0 radical (unpaired) electrons. The number of aromatic nitrogens is 2. The van der Waals surface area contributed by atoms with Crippen LogP contribution in [0.2, 0.25) is 0 Å². The zero-order valence-electron chi connectivity index (χ0n) is 12.0. The Labute approximate surface area is 119 Å². The highest BCUT2D eigenvalue weighted by Gasteiger charge is 2.20. The van der Waals surface area contributed by atoms with E-state index in [0.717, 1.165) is 31.7 Å². The van der Waals surface area contributed by atoms with E-state index in [1.165, 1.54) is 5.56 Å². The molecule has 1 saturated heterocycles. The molecule has 0 spiro atoms. The SMILES string of the molecule is Cc1ccc(-c2nnc(CN3CCNCC3C)o2)cc1. The second-order valence-electron chi connectivity index (χ2n) is 5.39. The standard InChI is InChI=1S/C15H20N4O/c1-11-3-5-13(6-4-11)15-18-17-14(20-15)10-19-8-7-16-9-12(19)2/h3-6,12,16H,7-10H2,1-2H3. The Bertz CT molecular complexity index is 564. The summed E-state index contributed by atoms with van der Waals surface area (Å²) in [5, 5.41) is 11.7. The lowest BCUT2D eigenvalue weighted by molar-refractivity contribution is 0.151. The largest absolute Gasteiger partial charge is 0.419 e. The third-order valence-electron chi connectivity index (χ3n) is 3.74. The highest BCUT2D eigenvalue weighted by Crippen LogP contribution is 2.19. The zero-order chi connectivity index (χ0) is 13.9. The summed E-state index contributed by atoms with van der Waals surface area (Å²) in [6.45, 7) is 8.05. The van der Waals surface area contributed by atoms with Crippen LogP contribution >= 0.6 is 0 Å². The smallest absolute Gasteiger partial charge is 0.247 e. The van der Waals surface area contributed by atoms with Crippen molar-refractivity contribution >= 4 is 0 Å². The van der Waals surface area contributed by atoms with E-state index in [2.05, 4.69) is 46.4 Å². The van der Waals surface area contributed by atoms with Crippen LogP contribution in [0.3, 0.4) is 0 Å². The molecule has 1 N–H and O–H groups in total. The molecule has 1 fully saturated rings. The predicted molar refractivity (Wildman–Crippen MR) is 77.2 cm³/mol. The second-order valence-corrected chi connectivity index (χ2v) is 5.39. The molecule has 1 aromatic heterocycles. The van der Waals surface area contributed by atoms with Gasteiger partial charge in [0.05, 0.1) is 6.54 Å². The third-order valence-corrected chi connectivity index (χ3v) is 3.74. The zero-order valence-corrected chi connectivity index (χ0v) is 12.0. The molecule has 0 amide bonds. The number of nitrogens with one attached hydrogen (secondary N) is 1. The molecule has 1 aliphatic rings. The molecule has 2 aromatic rings. The summed E-state index contributed by atoms with van der Waals surface area (Å²) in [4.78, 5) is 2.36. The quantitative estimate of drug-likeness (QED) is 0.924. The van der Waals surface area contributed by atoms with E-state index in [1.807, 2.05) is 12.1 Å². The van der Waals surface area contributed by atoms with Gasteiger partial charge in [-0.15, -0.1) is 10.2 Å². The van der Waals surface area contributed by atoms with E-state index in [1.54, 1.807) is 0 Å². The molecule has 1 aromatic carbocycles. The van der Waals surface area contributed by atoms with Gasteiger partial charge in [-0.05, 0) is 26.0 Å². The Hall–Kier alpha value is -1.72. The lowest BCUT2D eigenvalue weighted by atomic mass is 10.1. The molecule has 3 rings (SSSR count). The molecule has 1 unspecified atom stereocenters. The summed E-state index contributed by atoms with van der Waals surface area (Å²) in [7, 11) is 0. The van der Waals surface area contributed by atoms with Crippen LogP contribution in [0.25, 0.3) is 11.5 Å². The summed E-state index contributed by atoms with van der Waals surface area (Å²) >= 11 is 0. The van der Waals surface area contributed by atoms with Crippen molar-refractivity contribution in [3.63, 3.8) is 0 Å². The fourth-order valence-electron chi connectivity index (χ4n) is 2.42. The lowest BCUT2D eigenvalue weighted by Crippen LogP contribution is -2.49. The average Bonchev–Trinajstić information content (AvgIpc) is 2.91. The molecule has 5 nitrogen and oxygen atoms in total. The molecule has 1 atom stereocenters. The topological polar surface area (TPSA) is 54.2 Å². The number of aryl methyl sites for hydroxylation is 1. The number of hydrogen-bond acceptors (Lipinski definition) is 5. The van der Waals surface area contributed by atoms with Gasteiger partial charge in [-0.1, -0.05) is 17.7 Å². The highest BCUT2D eigenvalue weighted by molar-refractivity contribution is 5.52. The molecular weight excluding hydrogens is 252 g/mol. The van der Waals surface area contributed by atoms with Gasteiger partial charge in [-0.25, -0.2) is 0 Å². The van der Waals surface area contributed by atoms with E-state index in [4.69, 9.17) is 4.42 Å². The fraction of sp³-hybridized carbons (Fsp3) is 0.467. The molecule has 0 aliphatic carbocycles. The van der Waals surface area contributed by atoms with E-state index < -0.39 is 0 Å². The number of hydrogen-bond donors (Lipinski definition) is 1. The van der Waals surface area contributed by atoms with Gasteiger partial charge < -0.3 is 9.73 Å². The maximum absolute atomic E-state index is 5.78. The molecule has 106 valence electrons. The molecular formula is C15H20N4O. The van der Waals surface area contributed by atoms with Crippen molar-refractivity contribution in [3.8, 4) is 11.5 Å². The summed E-state index contributed by atoms with van der Waals surface area (Å²) in [6.07, 6.45) is 0. The van der Waals surface area contributed by atoms with Crippen molar-refractivity contribution in [1.29, 1.82) is 0 Å². The molecule has 2 heterocycles. The summed E-state index contributed by atoms with van der Waals surface area (Å²) in [6, 6.07) is 8.63. The summed E-state index contributed by atoms with van der Waals surface area (Å²) in [5.41, 5.74) is 2.20. The average molecular weight is 272 g/mol. The van der Waals surface area contributed by atoms with E-state index in [9.17, 15) is 0 Å². The number of piperazine rings is 1. The van der Waals surface area contributed by atoms with Gasteiger partial charge in [0.1, 0.15) is 0 Å². The van der Waals surface area contributed by atoms with Crippen molar-refractivity contribution in [3.05, 3.63) is 35.7 Å². The van der Waals surface area contributed by atoms with Gasteiger partial charge in [0.15, 0.2) is 0 Å². The fourth-order valence-corrected chi connectivity index (χ4v) is 2.42. The van der Waals surface area contributed by atoms with Gasteiger partial charge in [-0.2, -0.15) is 0 Å². The summed E-state index contributed by atoms with van der Waals surface area (Å²) < 4.78 is 5.78. The molecule has 0 bridgehead atoms. The van der Waals surface area contributed by atoms with Crippen LogP contribution in [0.1, 0.15) is 18.4 Å². The number of benzene rings is 1. The Morgan fingerprint density at radius 3 is 2.85 bits per heavy atom. The van der Waals surface area contributed by atoms with Crippen molar-refractivity contribution in [2.45, 2.75) is 26.4 Å². The monoisotopic (exact) mass is 272 g/mol. The van der Waals surface area contributed by atoms with Crippen LogP contribution in [0.5, 0.6) is 0 Å². The van der Waals surface area contributed by atoms with Crippen LogP contribution in [0.15, 0.2) is 28.7 Å². The van der Waals surface area contributed by atoms with E-state index in [0.29, 0.717) is 17.8 Å². The molecule has 0 saturated carbocycles. The van der Waals surface area contributed by atoms with E-state index in [-0.39, 0.29) is 0 Å². The van der Waals surface area contributed by atoms with Crippen LogP contribution in [0.4, 0.5) is 0 Å². The molecule has 1 aliphatic heterocycles. The lowest BCUT2D eigenvalue weighted by Gasteiger charge is -2.32. The minimum absolute atomic E-state index is 0.499. The highest BCUT2D eigenvalue weighted by atomic mass is 16.4. The first kappa shape index (κ1) is 13.3. The van der Waals surface area contributed by atoms with Gasteiger partial charge in [-0.3, -0.25) is 4.90 Å². The minimum atomic E-state index is 0.499. The van der Waals surface area contributed by atoms with Crippen LogP contribution < -0.4 is 5.32 Å². The Morgan fingerprint density at radius 2 is 2.10 bits per heavy atom. The Balaban J connectivity index is 1.71. The van der Waals surface area contributed by atoms with Gasteiger partial charge in [0.25, 0.3) is 0 Å². The maximum atomic E-state index is 5.78. The molecule has 20 heavy (non-hydrogen) atoms. The van der Waals surface area contributed by atoms with Crippen LogP contribution in [-0.4, -0.2) is 40.8 Å². The van der Waals surface area contributed by atoms with Crippen molar-refractivity contribution in [2.24, 2.45) is 0 Å². The number of nitrogens with zero attached hydrogens (tertiary/aromatic N) is 3.